The maximum atomic E-state index is 9.90. The maximum Gasteiger partial charge on any atom is 0.141 e. The van der Waals surface area contributed by atoms with Crippen molar-refractivity contribution in [1.82, 2.24) is 19.5 Å². The Hall–Kier alpha value is -3.73. The van der Waals surface area contributed by atoms with E-state index >= 15 is 0 Å². The Bertz CT molecular complexity index is 1190. The van der Waals surface area contributed by atoms with Gasteiger partial charge >= 0.3 is 0 Å². The second-order valence-electron chi connectivity index (χ2n) is 6.54. The number of pyridine rings is 2. The molecule has 0 aliphatic rings. The molecule has 5 nitrogen and oxygen atoms in total. The third-order valence-electron chi connectivity index (χ3n) is 4.52. The fourth-order valence-corrected chi connectivity index (χ4v) is 3.19. The summed E-state index contributed by atoms with van der Waals surface area (Å²) in [5.41, 5.74) is 3.53. The van der Waals surface area contributed by atoms with Gasteiger partial charge in [0.05, 0.1) is 5.52 Å². The van der Waals surface area contributed by atoms with Gasteiger partial charge in [0, 0.05) is 47.7 Å². The van der Waals surface area contributed by atoms with Crippen molar-refractivity contribution < 1.29 is 5.11 Å². The molecule has 0 unspecified atom stereocenters. The van der Waals surface area contributed by atoms with E-state index in [4.69, 9.17) is 0 Å². The third-order valence-corrected chi connectivity index (χ3v) is 4.52. The molecule has 0 spiro atoms. The molecule has 0 saturated carbocycles. The summed E-state index contributed by atoms with van der Waals surface area (Å²) < 4.78 is 1.96. The number of phenolic OH excluding ortho intramolecular Hbond substituents is 1. The summed E-state index contributed by atoms with van der Waals surface area (Å²) in [6, 6.07) is 19.5. The molecule has 28 heavy (non-hydrogen) atoms. The maximum absolute atomic E-state index is 9.90. The van der Waals surface area contributed by atoms with Gasteiger partial charge in [-0.05, 0) is 31.2 Å². The van der Waals surface area contributed by atoms with Gasteiger partial charge in [-0.3, -0.25) is 4.98 Å². The predicted octanol–water partition coefficient (Wildman–Crippen LogP) is 4.88. The van der Waals surface area contributed by atoms with Crippen LogP contribution in [0.4, 0.5) is 0 Å². The Morgan fingerprint density at radius 1 is 0.893 bits per heavy atom. The van der Waals surface area contributed by atoms with Crippen molar-refractivity contribution in [3.05, 3.63) is 84.9 Å². The van der Waals surface area contributed by atoms with Crippen molar-refractivity contribution >= 4 is 21.8 Å². The highest BCUT2D eigenvalue weighted by atomic mass is 16.3. The Morgan fingerprint density at radius 2 is 1.71 bits per heavy atom. The second kappa shape index (κ2) is 7.48. The standard InChI is InChI=1S/C14H13N3O.C9H7N/c1-9-8-11(14-15-6-7-17(14)2)10-4-3-5-12(18)13(10)16-9;1-2-6-9-8(4-1)5-3-7-10-9/h3-8,18H,1-2H3;1-7H. The highest BCUT2D eigenvalue weighted by Gasteiger charge is 2.11. The molecule has 3 aromatic heterocycles. The largest absolute Gasteiger partial charge is 0.506 e. The summed E-state index contributed by atoms with van der Waals surface area (Å²) in [6.07, 6.45) is 5.47. The molecule has 3 heterocycles. The normalized spacial score (nSPS) is 10.6. The number of fused-ring (bicyclic) bond motifs is 2. The van der Waals surface area contributed by atoms with Crippen LogP contribution >= 0.6 is 0 Å². The zero-order valence-corrected chi connectivity index (χ0v) is 15.7. The molecule has 0 atom stereocenters. The fourth-order valence-electron chi connectivity index (χ4n) is 3.19. The third kappa shape index (κ3) is 3.42. The minimum absolute atomic E-state index is 0.201. The molecule has 0 bridgehead atoms. The molecule has 5 rings (SSSR count). The van der Waals surface area contributed by atoms with Crippen LogP contribution in [0.15, 0.2) is 79.3 Å². The van der Waals surface area contributed by atoms with E-state index in [1.54, 1.807) is 12.3 Å². The average Bonchev–Trinajstić information content (AvgIpc) is 3.14. The first kappa shape index (κ1) is 17.7. The van der Waals surface area contributed by atoms with E-state index in [0.29, 0.717) is 5.52 Å². The van der Waals surface area contributed by atoms with E-state index in [1.165, 1.54) is 5.39 Å². The fraction of sp³-hybridized carbons (Fsp3) is 0.0870. The van der Waals surface area contributed by atoms with Gasteiger partial charge in [-0.15, -0.1) is 0 Å². The lowest BCUT2D eigenvalue weighted by atomic mass is 10.1. The summed E-state index contributed by atoms with van der Waals surface area (Å²) >= 11 is 0. The number of aromatic hydroxyl groups is 1. The van der Waals surface area contributed by atoms with Crippen LogP contribution in [0.3, 0.4) is 0 Å². The van der Waals surface area contributed by atoms with Crippen molar-refractivity contribution in [3.63, 3.8) is 0 Å². The van der Waals surface area contributed by atoms with Gasteiger partial charge in [0.25, 0.3) is 0 Å². The van der Waals surface area contributed by atoms with Gasteiger partial charge in [-0.2, -0.15) is 0 Å². The summed E-state index contributed by atoms with van der Waals surface area (Å²) in [5.74, 6) is 1.07. The van der Waals surface area contributed by atoms with Crippen LogP contribution in [0.5, 0.6) is 5.75 Å². The molecule has 2 aromatic carbocycles. The van der Waals surface area contributed by atoms with E-state index in [9.17, 15) is 5.11 Å². The van der Waals surface area contributed by atoms with Crippen LogP contribution in [0.25, 0.3) is 33.2 Å². The van der Waals surface area contributed by atoms with E-state index in [2.05, 4.69) is 27.1 Å². The first-order chi connectivity index (χ1) is 13.6. The Labute approximate surface area is 163 Å². The number of aryl methyl sites for hydroxylation is 2. The Kier molecular flexibility index (Phi) is 4.72. The van der Waals surface area contributed by atoms with Crippen LogP contribution < -0.4 is 0 Å². The Morgan fingerprint density at radius 3 is 2.50 bits per heavy atom. The Balaban J connectivity index is 0.000000162. The van der Waals surface area contributed by atoms with E-state index in [1.807, 2.05) is 73.4 Å². The average molecular weight is 368 g/mol. The molecule has 0 fully saturated rings. The van der Waals surface area contributed by atoms with Crippen LogP contribution in [0.1, 0.15) is 5.69 Å². The summed E-state index contributed by atoms with van der Waals surface area (Å²) in [7, 11) is 1.95. The van der Waals surface area contributed by atoms with E-state index in [-0.39, 0.29) is 5.75 Å². The van der Waals surface area contributed by atoms with E-state index in [0.717, 1.165) is 28.0 Å². The number of rotatable bonds is 1. The second-order valence-corrected chi connectivity index (χ2v) is 6.54. The molecule has 0 radical (unpaired) electrons. The number of aromatic nitrogens is 4. The van der Waals surface area contributed by atoms with Crippen molar-refractivity contribution in [2.24, 2.45) is 7.05 Å². The molecule has 0 aliphatic heterocycles. The quantitative estimate of drug-likeness (QED) is 0.458. The topological polar surface area (TPSA) is 63.8 Å². The minimum Gasteiger partial charge on any atom is -0.506 e. The van der Waals surface area contributed by atoms with E-state index < -0.39 is 0 Å². The molecule has 5 aromatic rings. The van der Waals surface area contributed by atoms with Gasteiger partial charge in [0.15, 0.2) is 0 Å². The van der Waals surface area contributed by atoms with Gasteiger partial charge in [0.2, 0.25) is 0 Å². The monoisotopic (exact) mass is 368 g/mol. The molecule has 5 heteroatoms. The van der Waals surface area contributed by atoms with Gasteiger partial charge in [-0.1, -0.05) is 36.4 Å². The number of hydrogen-bond donors (Lipinski definition) is 1. The minimum atomic E-state index is 0.201. The summed E-state index contributed by atoms with van der Waals surface area (Å²) in [5, 5.41) is 12.0. The zero-order valence-electron chi connectivity index (χ0n) is 15.7. The number of phenols is 1. The van der Waals surface area contributed by atoms with Gasteiger partial charge in [-0.25, -0.2) is 9.97 Å². The van der Waals surface area contributed by atoms with Crippen molar-refractivity contribution in [3.8, 4) is 17.1 Å². The number of hydrogen-bond acceptors (Lipinski definition) is 4. The lowest BCUT2D eigenvalue weighted by Gasteiger charge is -2.08. The molecular weight excluding hydrogens is 348 g/mol. The molecule has 0 saturated heterocycles. The molecule has 0 amide bonds. The van der Waals surface area contributed by atoms with Crippen molar-refractivity contribution in [1.29, 1.82) is 0 Å². The van der Waals surface area contributed by atoms with Crippen molar-refractivity contribution in [2.45, 2.75) is 6.92 Å². The number of imidazole rings is 1. The van der Waals surface area contributed by atoms with Crippen LogP contribution in [0, 0.1) is 6.92 Å². The molecular formula is C23H20N4O. The van der Waals surface area contributed by atoms with Gasteiger partial charge in [0.1, 0.15) is 17.1 Å². The summed E-state index contributed by atoms with van der Waals surface area (Å²) in [4.78, 5) is 12.9. The van der Waals surface area contributed by atoms with Crippen molar-refractivity contribution in [2.75, 3.05) is 0 Å². The number of benzene rings is 2. The van der Waals surface area contributed by atoms with Crippen LogP contribution in [0.2, 0.25) is 0 Å². The highest BCUT2D eigenvalue weighted by molar-refractivity contribution is 5.96. The number of para-hydroxylation sites is 2. The SMILES string of the molecule is Cc1cc(-c2nccn2C)c2cccc(O)c2n1.c1ccc2ncccc2c1. The van der Waals surface area contributed by atoms with Gasteiger partial charge < -0.3 is 9.67 Å². The zero-order chi connectivity index (χ0) is 19.5. The van der Waals surface area contributed by atoms with Crippen LogP contribution in [-0.4, -0.2) is 24.6 Å². The highest BCUT2D eigenvalue weighted by Crippen LogP contribution is 2.31. The predicted molar refractivity (Wildman–Crippen MR) is 112 cm³/mol. The van der Waals surface area contributed by atoms with Crippen LogP contribution in [-0.2, 0) is 7.05 Å². The lowest BCUT2D eigenvalue weighted by molar-refractivity contribution is 0.480. The number of nitrogens with zero attached hydrogens (tertiary/aromatic N) is 4. The summed E-state index contributed by atoms with van der Waals surface area (Å²) in [6.45, 7) is 1.92. The first-order valence-corrected chi connectivity index (χ1v) is 9.00. The smallest absolute Gasteiger partial charge is 0.141 e. The first-order valence-electron chi connectivity index (χ1n) is 9.00. The molecule has 0 aliphatic carbocycles. The lowest BCUT2D eigenvalue weighted by Crippen LogP contribution is -1.95. The molecule has 138 valence electrons. The molecule has 1 N–H and O–H groups in total.